The van der Waals surface area contributed by atoms with Crippen LogP contribution in [0.2, 0.25) is 0 Å². The van der Waals surface area contributed by atoms with Crippen molar-refractivity contribution in [3.05, 3.63) is 23.8 Å². The third-order valence-corrected chi connectivity index (χ3v) is 7.38. The summed E-state index contributed by atoms with van der Waals surface area (Å²) in [6, 6.07) is 5.86. The molecule has 2 unspecified atom stereocenters. The van der Waals surface area contributed by atoms with Crippen LogP contribution in [-0.4, -0.2) is 66.4 Å². The van der Waals surface area contributed by atoms with Gasteiger partial charge < -0.3 is 19.5 Å². The molecule has 0 aliphatic carbocycles. The number of rotatable bonds is 7. The Balaban J connectivity index is 1.23. The normalized spacial score (nSPS) is 28.5. The van der Waals surface area contributed by atoms with E-state index < -0.39 is 5.54 Å². The number of carbonyl (C=O) groups excluding carboxylic acids is 2. The molecule has 0 radical (unpaired) electrons. The van der Waals surface area contributed by atoms with E-state index in [1.54, 1.807) is 0 Å². The van der Waals surface area contributed by atoms with Gasteiger partial charge in [-0.3, -0.25) is 14.6 Å². The second-order valence-electron chi connectivity index (χ2n) is 9.44. The molecule has 5 rings (SSSR count). The van der Waals surface area contributed by atoms with Crippen LogP contribution in [0, 0.1) is 5.92 Å². The Hall–Kier alpha value is -2.32. The number of benzene rings is 1. The van der Waals surface area contributed by atoms with Crippen molar-refractivity contribution in [1.82, 2.24) is 15.1 Å². The third-order valence-electron chi connectivity index (χ3n) is 7.38. The topological polar surface area (TPSA) is 80.3 Å². The summed E-state index contributed by atoms with van der Waals surface area (Å²) in [5, 5.41) is 3.14. The van der Waals surface area contributed by atoms with Crippen molar-refractivity contribution < 1.29 is 23.8 Å². The smallest absolute Gasteiger partial charge is 0.325 e. The zero-order chi connectivity index (χ0) is 22.1. The first-order valence-electron chi connectivity index (χ1n) is 12.0. The highest BCUT2D eigenvalue weighted by atomic mass is 16.7. The Morgan fingerprint density at radius 2 is 1.94 bits per heavy atom. The van der Waals surface area contributed by atoms with Crippen LogP contribution in [0.15, 0.2) is 18.2 Å². The Bertz CT molecular complexity index is 863. The first-order valence-corrected chi connectivity index (χ1v) is 12.0. The second kappa shape index (κ2) is 8.90. The molecule has 1 N–H and O–H groups in total. The van der Waals surface area contributed by atoms with Crippen LogP contribution in [0.25, 0.3) is 0 Å². The van der Waals surface area contributed by atoms with E-state index in [4.69, 9.17) is 14.2 Å². The van der Waals surface area contributed by atoms with Crippen molar-refractivity contribution in [2.45, 2.75) is 63.6 Å². The van der Waals surface area contributed by atoms with E-state index in [1.807, 2.05) is 6.07 Å². The Morgan fingerprint density at radius 3 is 2.69 bits per heavy atom. The molecule has 3 amide bonds. The summed E-state index contributed by atoms with van der Waals surface area (Å²) >= 11 is 0. The Labute approximate surface area is 189 Å². The van der Waals surface area contributed by atoms with E-state index in [9.17, 15) is 9.59 Å². The van der Waals surface area contributed by atoms with Gasteiger partial charge in [-0.1, -0.05) is 19.4 Å². The number of hydrogen-bond donors (Lipinski definition) is 1. The lowest BCUT2D eigenvalue weighted by Gasteiger charge is -2.41. The lowest BCUT2D eigenvalue weighted by Crippen LogP contribution is -2.56. The number of ether oxygens (including phenoxy) is 3. The minimum absolute atomic E-state index is 0.0225. The standard InChI is InChI=1S/C24H33N3O5/c1-2-9-24(22(28)27(23(29)25-24)15-19-4-3-12-30-19)18-7-10-26(11-8-18)14-17-5-6-20-21(13-17)32-16-31-20/h5-6,13,18-19H,2-4,7-12,14-16H2,1H3,(H,25,29). The molecule has 0 aromatic heterocycles. The fourth-order valence-electron chi connectivity index (χ4n) is 5.73. The maximum absolute atomic E-state index is 13.5. The largest absolute Gasteiger partial charge is 0.454 e. The van der Waals surface area contributed by atoms with Crippen molar-refractivity contribution >= 4 is 11.9 Å². The van der Waals surface area contributed by atoms with E-state index in [-0.39, 0.29) is 30.8 Å². The average molecular weight is 444 g/mol. The quantitative estimate of drug-likeness (QED) is 0.653. The second-order valence-corrected chi connectivity index (χ2v) is 9.44. The molecule has 4 aliphatic heterocycles. The van der Waals surface area contributed by atoms with Crippen molar-refractivity contribution in [2.75, 3.05) is 33.0 Å². The molecule has 1 aromatic rings. The first kappa shape index (κ1) is 21.5. The van der Waals surface area contributed by atoms with E-state index in [0.717, 1.165) is 69.8 Å². The summed E-state index contributed by atoms with van der Waals surface area (Å²) in [5.74, 6) is 1.72. The molecule has 8 nitrogen and oxygen atoms in total. The Kier molecular flexibility index (Phi) is 5.99. The zero-order valence-corrected chi connectivity index (χ0v) is 18.8. The molecule has 8 heteroatoms. The van der Waals surface area contributed by atoms with Crippen LogP contribution in [-0.2, 0) is 16.1 Å². The lowest BCUT2D eigenvalue weighted by molar-refractivity contribution is -0.135. The van der Waals surface area contributed by atoms with Crippen molar-refractivity contribution in [3.63, 3.8) is 0 Å². The Morgan fingerprint density at radius 1 is 1.12 bits per heavy atom. The van der Waals surface area contributed by atoms with Gasteiger partial charge in [0.25, 0.3) is 5.91 Å². The fourth-order valence-corrected chi connectivity index (χ4v) is 5.73. The minimum Gasteiger partial charge on any atom is -0.454 e. The molecule has 0 spiro atoms. The number of carbonyl (C=O) groups is 2. The van der Waals surface area contributed by atoms with Crippen LogP contribution >= 0.6 is 0 Å². The summed E-state index contributed by atoms with van der Waals surface area (Å²) < 4.78 is 16.6. The summed E-state index contributed by atoms with van der Waals surface area (Å²) in [6.07, 6.45) is 5.22. The van der Waals surface area contributed by atoms with Crippen LogP contribution in [0.4, 0.5) is 4.79 Å². The third kappa shape index (κ3) is 3.94. The first-order chi connectivity index (χ1) is 15.6. The molecular formula is C24H33N3O5. The van der Waals surface area contributed by atoms with Crippen molar-refractivity contribution in [1.29, 1.82) is 0 Å². The summed E-state index contributed by atoms with van der Waals surface area (Å²) in [7, 11) is 0. The SMILES string of the molecule is CCCC1(C2CCN(Cc3ccc4c(c3)OCO4)CC2)NC(=O)N(CC2CCCO2)C1=O. The van der Waals surface area contributed by atoms with Gasteiger partial charge in [0.1, 0.15) is 5.54 Å². The average Bonchev–Trinajstić information content (AvgIpc) is 3.52. The highest BCUT2D eigenvalue weighted by Crippen LogP contribution is 2.38. The fraction of sp³-hybridized carbons (Fsp3) is 0.667. The van der Waals surface area contributed by atoms with E-state index >= 15 is 0 Å². The highest BCUT2D eigenvalue weighted by Gasteiger charge is 2.55. The molecule has 4 heterocycles. The number of hydrogen-bond acceptors (Lipinski definition) is 6. The molecule has 0 saturated carbocycles. The van der Waals surface area contributed by atoms with Crippen LogP contribution in [0.5, 0.6) is 11.5 Å². The summed E-state index contributed by atoms with van der Waals surface area (Å²) in [6.45, 7) is 6.11. The monoisotopic (exact) mass is 443 g/mol. The van der Waals surface area contributed by atoms with Gasteiger partial charge in [0.05, 0.1) is 12.6 Å². The van der Waals surface area contributed by atoms with Gasteiger partial charge in [0.2, 0.25) is 6.79 Å². The van der Waals surface area contributed by atoms with Gasteiger partial charge in [-0.25, -0.2) is 4.79 Å². The molecular weight excluding hydrogens is 410 g/mol. The van der Waals surface area contributed by atoms with E-state index in [1.165, 1.54) is 10.5 Å². The number of nitrogens with one attached hydrogen (secondary N) is 1. The maximum atomic E-state index is 13.5. The number of amides is 3. The maximum Gasteiger partial charge on any atom is 0.325 e. The van der Waals surface area contributed by atoms with Gasteiger partial charge in [0.15, 0.2) is 11.5 Å². The molecule has 1 aromatic carbocycles. The molecule has 2 atom stereocenters. The van der Waals surface area contributed by atoms with Crippen molar-refractivity contribution in [2.24, 2.45) is 5.92 Å². The lowest BCUT2D eigenvalue weighted by atomic mass is 9.74. The number of imide groups is 1. The summed E-state index contributed by atoms with van der Waals surface area (Å²) in [4.78, 5) is 30.2. The molecule has 4 aliphatic rings. The van der Waals surface area contributed by atoms with Gasteiger partial charge in [-0.15, -0.1) is 0 Å². The zero-order valence-electron chi connectivity index (χ0n) is 18.8. The van der Waals surface area contributed by atoms with E-state index in [0.29, 0.717) is 13.0 Å². The van der Waals surface area contributed by atoms with E-state index in [2.05, 4.69) is 29.3 Å². The number of urea groups is 1. The number of fused-ring (bicyclic) bond motifs is 1. The number of piperidine rings is 1. The summed E-state index contributed by atoms with van der Waals surface area (Å²) in [5.41, 5.74) is 0.430. The molecule has 174 valence electrons. The van der Waals surface area contributed by atoms with Gasteiger partial charge in [-0.2, -0.15) is 0 Å². The van der Waals surface area contributed by atoms with Gasteiger partial charge in [-0.05, 0) is 68.8 Å². The van der Waals surface area contributed by atoms with Crippen LogP contribution < -0.4 is 14.8 Å². The molecule has 0 bridgehead atoms. The van der Waals surface area contributed by atoms with Crippen LogP contribution in [0.3, 0.4) is 0 Å². The molecule has 32 heavy (non-hydrogen) atoms. The van der Waals surface area contributed by atoms with Crippen molar-refractivity contribution in [3.8, 4) is 11.5 Å². The highest BCUT2D eigenvalue weighted by molar-refractivity contribution is 6.07. The minimum atomic E-state index is -0.769. The predicted molar refractivity (Wildman–Crippen MR) is 117 cm³/mol. The molecule has 3 fully saturated rings. The molecule has 3 saturated heterocycles. The van der Waals surface area contributed by atoms with Crippen LogP contribution in [0.1, 0.15) is 51.0 Å². The van der Waals surface area contributed by atoms with Gasteiger partial charge in [0, 0.05) is 13.2 Å². The number of likely N-dealkylation sites (tertiary alicyclic amines) is 1. The van der Waals surface area contributed by atoms with Gasteiger partial charge >= 0.3 is 6.03 Å². The number of nitrogens with zero attached hydrogens (tertiary/aromatic N) is 2. The predicted octanol–water partition coefficient (Wildman–Crippen LogP) is 2.90.